The molecular weight excluding hydrogens is 301 g/mol. The van der Waals surface area contributed by atoms with E-state index < -0.39 is 21.4 Å². The maximum absolute atomic E-state index is 13.6. The van der Waals surface area contributed by atoms with Crippen LogP contribution < -0.4 is 0 Å². The SMILES string of the molecule is N#Cc1ccc(F)c(CS(=O)(=O)c2cccc(Cl)c2)c1. The Morgan fingerprint density at radius 1 is 1.20 bits per heavy atom. The lowest BCUT2D eigenvalue weighted by atomic mass is 10.1. The minimum absolute atomic E-state index is 0.0201. The molecule has 0 unspecified atom stereocenters. The Bertz CT molecular complexity index is 797. The first-order valence-corrected chi connectivity index (χ1v) is 7.62. The number of sulfone groups is 1. The van der Waals surface area contributed by atoms with Crippen LogP contribution in [0.3, 0.4) is 0 Å². The first-order chi connectivity index (χ1) is 9.42. The minimum atomic E-state index is -3.72. The molecule has 2 aromatic rings. The largest absolute Gasteiger partial charge is 0.223 e. The fraction of sp³-hybridized carbons (Fsp3) is 0.0714. The number of benzene rings is 2. The summed E-state index contributed by atoms with van der Waals surface area (Å²) in [5.74, 6) is -1.18. The Morgan fingerprint density at radius 3 is 2.60 bits per heavy atom. The van der Waals surface area contributed by atoms with Crippen molar-refractivity contribution in [3.63, 3.8) is 0 Å². The fourth-order valence-electron chi connectivity index (χ4n) is 1.70. The molecule has 102 valence electrons. The monoisotopic (exact) mass is 309 g/mol. The molecule has 0 heterocycles. The van der Waals surface area contributed by atoms with E-state index in [9.17, 15) is 12.8 Å². The van der Waals surface area contributed by atoms with Gasteiger partial charge in [-0.1, -0.05) is 17.7 Å². The van der Waals surface area contributed by atoms with E-state index in [1.54, 1.807) is 6.07 Å². The van der Waals surface area contributed by atoms with Gasteiger partial charge >= 0.3 is 0 Å². The van der Waals surface area contributed by atoms with Gasteiger partial charge < -0.3 is 0 Å². The molecule has 2 aromatic carbocycles. The van der Waals surface area contributed by atoms with Crippen LogP contribution in [0.25, 0.3) is 0 Å². The zero-order valence-corrected chi connectivity index (χ0v) is 11.7. The third-order valence-electron chi connectivity index (χ3n) is 2.68. The van der Waals surface area contributed by atoms with E-state index in [1.807, 2.05) is 6.07 Å². The smallest absolute Gasteiger partial charge is 0.182 e. The highest BCUT2D eigenvalue weighted by Crippen LogP contribution is 2.21. The van der Waals surface area contributed by atoms with Gasteiger partial charge in [-0.2, -0.15) is 5.26 Å². The van der Waals surface area contributed by atoms with Gasteiger partial charge in [-0.3, -0.25) is 0 Å². The first kappa shape index (κ1) is 14.5. The van der Waals surface area contributed by atoms with E-state index in [0.29, 0.717) is 0 Å². The first-order valence-electron chi connectivity index (χ1n) is 5.59. The number of nitrogens with zero attached hydrogens (tertiary/aromatic N) is 1. The van der Waals surface area contributed by atoms with Crippen molar-refractivity contribution in [2.24, 2.45) is 0 Å². The molecule has 0 saturated heterocycles. The van der Waals surface area contributed by atoms with Gasteiger partial charge in [0.05, 0.1) is 22.3 Å². The molecule has 0 aliphatic heterocycles. The molecule has 0 fully saturated rings. The van der Waals surface area contributed by atoms with Gasteiger partial charge in [-0.25, -0.2) is 12.8 Å². The van der Waals surface area contributed by atoms with Crippen LogP contribution in [0.4, 0.5) is 4.39 Å². The topological polar surface area (TPSA) is 57.9 Å². The zero-order valence-electron chi connectivity index (χ0n) is 10.2. The Labute approximate surface area is 121 Å². The molecule has 0 radical (unpaired) electrons. The summed E-state index contributed by atoms with van der Waals surface area (Å²) in [4.78, 5) is 0.0201. The molecule has 0 aliphatic carbocycles. The lowest BCUT2D eigenvalue weighted by Crippen LogP contribution is -2.06. The molecule has 20 heavy (non-hydrogen) atoms. The van der Waals surface area contributed by atoms with E-state index in [0.717, 1.165) is 6.07 Å². The van der Waals surface area contributed by atoms with Crippen molar-refractivity contribution in [3.8, 4) is 6.07 Å². The van der Waals surface area contributed by atoms with E-state index in [4.69, 9.17) is 16.9 Å². The van der Waals surface area contributed by atoms with E-state index in [2.05, 4.69) is 0 Å². The molecule has 0 aliphatic rings. The number of nitriles is 1. The van der Waals surface area contributed by atoms with E-state index >= 15 is 0 Å². The highest BCUT2D eigenvalue weighted by atomic mass is 35.5. The maximum atomic E-state index is 13.6. The van der Waals surface area contributed by atoms with Crippen LogP contribution >= 0.6 is 11.6 Å². The molecule has 2 rings (SSSR count). The van der Waals surface area contributed by atoms with Gasteiger partial charge in [-0.05, 0) is 36.4 Å². The normalized spacial score (nSPS) is 11.1. The zero-order chi connectivity index (χ0) is 14.8. The molecule has 0 bridgehead atoms. The van der Waals surface area contributed by atoms with Crippen LogP contribution in [0.15, 0.2) is 47.4 Å². The fourth-order valence-corrected chi connectivity index (χ4v) is 3.35. The van der Waals surface area contributed by atoms with Gasteiger partial charge in [-0.15, -0.1) is 0 Å². The van der Waals surface area contributed by atoms with Crippen molar-refractivity contribution in [1.82, 2.24) is 0 Å². The van der Waals surface area contributed by atoms with Gasteiger partial charge in [0.15, 0.2) is 9.84 Å². The summed E-state index contributed by atoms with van der Waals surface area (Å²) in [6, 6.07) is 11.2. The van der Waals surface area contributed by atoms with Gasteiger partial charge in [0.2, 0.25) is 0 Å². The van der Waals surface area contributed by atoms with Crippen LogP contribution in [0.5, 0.6) is 0 Å². The molecule has 0 N–H and O–H groups in total. The van der Waals surface area contributed by atoms with Crippen LogP contribution in [0, 0.1) is 17.1 Å². The molecular formula is C14H9ClFNO2S. The van der Waals surface area contributed by atoms with Crippen LogP contribution in [-0.4, -0.2) is 8.42 Å². The van der Waals surface area contributed by atoms with Crippen LogP contribution in [0.1, 0.15) is 11.1 Å². The Balaban J connectivity index is 2.41. The van der Waals surface area contributed by atoms with Crippen molar-refractivity contribution in [1.29, 1.82) is 5.26 Å². The average Bonchev–Trinajstić information content (AvgIpc) is 2.41. The third-order valence-corrected chi connectivity index (χ3v) is 4.57. The summed E-state index contributed by atoms with van der Waals surface area (Å²) < 4.78 is 38.0. The van der Waals surface area contributed by atoms with Crippen molar-refractivity contribution >= 4 is 21.4 Å². The van der Waals surface area contributed by atoms with Gasteiger partial charge in [0.1, 0.15) is 5.82 Å². The number of hydrogen-bond acceptors (Lipinski definition) is 3. The summed E-state index contributed by atoms with van der Waals surface area (Å²) in [6.07, 6.45) is 0. The predicted octanol–water partition coefficient (Wildman–Crippen LogP) is 3.32. The molecule has 0 aromatic heterocycles. The second-order valence-corrected chi connectivity index (χ2v) is 6.56. The Kier molecular flexibility index (Phi) is 4.07. The number of halogens is 2. The van der Waals surface area contributed by atoms with Gasteiger partial charge in [0.25, 0.3) is 0 Å². The lowest BCUT2D eigenvalue weighted by molar-refractivity contribution is 0.587. The number of hydrogen-bond donors (Lipinski definition) is 0. The molecule has 6 heteroatoms. The summed E-state index contributed by atoms with van der Waals surface area (Å²) in [6.45, 7) is 0. The molecule has 3 nitrogen and oxygen atoms in total. The van der Waals surface area contributed by atoms with Crippen molar-refractivity contribution in [3.05, 3.63) is 64.4 Å². The van der Waals surface area contributed by atoms with E-state index in [-0.39, 0.29) is 21.0 Å². The predicted molar refractivity (Wildman–Crippen MR) is 73.5 cm³/mol. The second kappa shape index (κ2) is 5.61. The average molecular weight is 310 g/mol. The number of rotatable bonds is 3. The molecule has 0 atom stereocenters. The summed E-state index contributed by atoms with van der Waals surface area (Å²) in [5.41, 5.74) is 0.173. The minimum Gasteiger partial charge on any atom is -0.223 e. The summed E-state index contributed by atoms with van der Waals surface area (Å²) in [7, 11) is -3.72. The standard InChI is InChI=1S/C14H9ClFNO2S/c15-12-2-1-3-13(7-12)20(18,19)9-11-6-10(8-17)4-5-14(11)16/h1-7H,9H2. The van der Waals surface area contributed by atoms with Crippen molar-refractivity contribution in [2.75, 3.05) is 0 Å². The highest BCUT2D eigenvalue weighted by Gasteiger charge is 2.18. The molecule has 0 saturated carbocycles. The van der Waals surface area contributed by atoms with Crippen LogP contribution in [-0.2, 0) is 15.6 Å². The summed E-state index contributed by atoms with van der Waals surface area (Å²) in [5, 5.41) is 9.05. The highest BCUT2D eigenvalue weighted by molar-refractivity contribution is 7.90. The summed E-state index contributed by atoms with van der Waals surface area (Å²) >= 11 is 5.75. The van der Waals surface area contributed by atoms with Gasteiger partial charge in [0, 0.05) is 10.6 Å². The van der Waals surface area contributed by atoms with E-state index in [1.165, 1.54) is 30.3 Å². The Morgan fingerprint density at radius 2 is 1.95 bits per heavy atom. The lowest BCUT2D eigenvalue weighted by Gasteiger charge is -2.06. The maximum Gasteiger partial charge on any atom is 0.182 e. The van der Waals surface area contributed by atoms with Crippen molar-refractivity contribution in [2.45, 2.75) is 10.6 Å². The van der Waals surface area contributed by atoms with Crippen LogP contribution in [0.2, 0.25) is 5.02 Å². The quantitative estimate of drug-likeness (QED) is 0.874. The molecule has 0 spiro atoms. The molecule has 0 amide bonds. The second-order valence-electron chi connectivity index (χ2n) is 4.13. The third kappa shape index (κ3) is 3.16. The van der Waals surface area contributed by atoms with Crippen molar-refractivity contribution < 1.29 is 12.8 Å². The Hall–Kier alpha value is -1.90.